The van der Waals surface area contributed by atoms with Crippen LogP contribution in [0.3, 0.4) is 0 Å². The minimum Gasteiger partial charge on any atom is -0.384 e. The number of H-pyrrole nitrogens is 1. The minimum absolute atomic E-state index is 0.554. The summed E-state index contributed by atoms with van der Waals surface area (Å²) in [7, 11) is 0. The summed E-state index contributed by atoms with van der Waals surface area (Å²) in [6.07, 6.45) is 5.20. The molecule has 4 rings (SSSR count). The zero-order valence-corrected chi connectivity index (χ0v) is 16.4. The molecular formula is C24H23N5. The van der Waals surface area contributed by atoms with Crippen molar-refractivity contribution in [3.8, 4) is 6.07 Å². The van der Waals surface area contributed by atoms with Gasteiger partial charge in [-0.05, 0) is 91.8 Å². The van der Waals surface area contributed by atoms with E-state index in [1.54, 1.807) is 0 Å². The van der Waals surface area contributed by atoms with Gasteiger partial charge >= 0.3 is 0 Å². The number of benzene rings is 1. The number of nitrogens with two attached hydrogens (primary N) is 1. The van der Waals surface area contributed by atoms with Crippen LogP contribution in [0.1, 0.15) is 33.6 Å². The molecule has 0 unspecified atom stereocenters. The molecule has 0 atom stereocenters. The van der Waals surface area contributed by atoms with E-state index in [2.05, 4.69) is 45.3 Å². The third-order valence-corrected chi connectivity index (χ3v) is 5.03. The summed E-state index contributed by atoms with van der Waals surface area (Å²) in [6.45, 7) is 2.02. The Hall–Kier alpha value is -3.65. The van der Waals surface area contributed by atoms with E-state index in [4.69, 9.17) is 5.73 Å². The normalized spacial score (nSPS) is 10.9. The average Bonchev–Trinajstić information content (AvgIpc) is 3.18. The summed E-state index contributed by atoms with van der Waals surface area (Å²) in [4.78, 5) is 12.2. The number of nitrogens with one attached hydrogen (secondary N) is 1. The highest BCUT2D eigenvalue weighted by Gasteiger charge is 2.06. The summed E-state index contributed by atoms with van der Waals surface area (Å²) in [6, 6.07) is 18.5. The van der Waals surface area contributed by atoms with Crippen LogP contribution in [0.4, 0.5) is 5.82 Å². The first-order valence-corrected chi connectivity index (χ1v) is 9.78. The molecule has 29 heavy (non-hydrogen) atoms. The van der Waals surface area contributed by atoms with Crippen molar-refractivity contribution in [3.63, 3.8) is 0 Å². The highest BCUT2D eigenvalue weighted by Crippen LogP contribution is 2.17. The molecular weight excluding hydrogens is 358 g/mol. The first-order chi connectivity index (χ1) is 14.1. The maximum atomic E-state index is 9.43. The van der Waals surface area contributed by atoms with Crippen molar-refractivity contribution in [1.82, 2.24) is 15.0 Å². The molecule has 144 valence electrons. The van der Waals surface area contributed by atoms with E-state index in [1.165, 1.54) is 0 Å². The van der Waals surface area contributed by atoms with Gasteiger partial charge in [-0.1, -0.05) is 6.07 Å². The highest BCUT2D eigenvalue weighted by molar-refractivity contribution is 5.75. The van der Waals surface area contributed by atoms with Gasteiger partial charge in [-0.2, -0.15) is 5.26 Å². The Balaban J connectivity index is 1.47. The second-order valence-electron chi connectivity index (χ2n) is 7.43. The van der Waals surface area contributed by atoms with Crippen LogP contribution in [0.5, 0.6) is 0 Å². The Morgan fingerprint density at radius 1 is 0.897 bits per heavy atom. The fourth-order valence-corrected chi connectivity index (χ4v) is 3.67. The molecule has 5 heteroatoms. The molecule has 0 saturated carbocycles. The molecule has 3 heterocycles. The van der Waals surface area contributed by atoms with E-state index in [0.717, 1.165) is 64.8 Å². The van der Waals surface area contributed by atoms with Crippen molar-refractivity contribution in [2.24, 2.45) is 0 Å². The number of aromatic amines is 1. The smallest absolute Gasteiger partial charge is 0.137 e. The number of nitrogens with zero attached hydrogens (tertiary/aromatic N) is 3. The number of aryl methyl sites for hydroxylation is 5. The second-order valence-corrected chi connectivity index (χ2v) is 7.43. The number of hydrogen-bond acceptors (Lipinski definition) is 4. The van der Waals surface area contributed by atoms with E-state index in [0.29, 0.717) is 11.4 Å². The van der Waals surface area contributed by atoms with Crippen LogP contribution in [-0.4, -0.2) is 15.0 Å². The quantitative estimate of drug-likeness (QED) is 0.521. The summed E-state index contributed by atoms with van der Waals surface area (Å²) in [5, 5.41) is 10.5. The molecule has 3 N–H and O–H groups in total. The number of nitriles is 1. The van der Waals surface area contributed by atoms with E-state index < -0.39 is 0 Å². The predicted octanol–water partition coefficient (Wildman–Crippen LogP) is 4.29. The fraction of sp³-hybridized carbons (Fsp3) is 0.208. The first kappa shape index (κ1) is 18.7. The van der Waals surface area contributed by atoms with Crippen molar-refractivity contribution in [2.75, 3.05) is 5.73 Å². The summed E-state index contributed by atoms with van der Waals surface area (Å²) in [5.74, 6) is 0.554. The lowest BCUT2D eigenvalue weighted by Gasteiger charge is -2.08. The van der Waals surface area contributed by atoms with Crippen molar-refractivity contribution < 1.29 is 0 Å². The third-order valence-electron chi connectivity index (χ3n) is 5.03. The monoisotopic (exact) mass is 381 g/mol. The molecule has 0 saturated heterocycles. The van der Waals surface area contributed by atoms with Crippen LogP contribution in [0.2, 0.25) is 0 Å². The van der Waals surface area contributed by atoms with E-state index in [9.17, 15) is 5.26 Å². The molecule has 1 aromatic carbocycles. The molecule has 5 nitrogen and oxygen atoms in total. The van der Waals surface area contributed by atoms with Crippen LogP contribution in [0, 0.1) is 18.3 Å². The molecule has 0 radical (unpaired) electrons. The van der Waals surface area contributed by atoms with Crippen molar-refractivity contribution in [2.45, 2.75) is 32.6 Å². The van der Waals surface area contributed by atoms with Crippen LogP contribution < -0.4 is 5.73 Å². The Bertz CT molecular complexity index is 1180. The Morgan fingerprint density at radius 3 is 2.38 bits per heavy atom. The predicted molar refractivity (Wildman–Crippen MR) is 115 cm³/mol. The van der Waals surface area contributed by atoms with Gasteiger partial charge in [0.25, 0.3) is 0 Å². The Kier molecular flexibility index (Phi) is 5.26. The molecule has 0 bridgehead atoms. The summed E-state index contributed by atoms with van der Waals surface area (Å²) >= 11 is 0. The zero-order valence-electron chi connectivity index (χ0n) is 16.4. The van der Waals surface area contributed by atoms with Gasteiger partial charge in [0.15, 0.2) is 0 Å². The van der Waals surface area contributed by atoms with Crippen molar-refractivity contribution in [3.05, 3.63) is 88.4 Å². The van der Waals surface area contributed by atoms with Gasteiger partial charge in [0.1, 0.15) is 11.5 Å². The molecule has 0 fully saturated rings. The molecule has 0 amide bonds. The largest absolute Gasteiger partial charge is 0.384 e. The van der Waals surface area contributed by atoms with Gasteiger partial charge in [-0.3, -0.25) is 0 Å². The number of anilines is 1. The number of rotatable bonds is 6. The number of nitrogen functional groups attached to an aromatic ring is 1. The van der Waals surface area contributed by atoms with Crippen LogP contribution in [-0.2, 0) is 25.7 Å². The van der Waals surface area contributed by atoms with Gasteiger partial charge < -0.3 is 10.7 Å². The topological polar surface area (TPSA) is 91.4 Å². The lowest BCUT2D eigenvalue weighted by atomic mass is 9.98. The fourth-order valence-electron chi connectivity index (χ4n) is 3.67. The Labute approximate surface area is 170 Å². The number of aromatic nitrogens is 3. The van der Waals surface area contributed by atoms with Crippen LogP contribution >= 0.6 is 0 Å². The second kappa shape index (κ2) is 8.15. The van der Waals surface area contributed by atoms with Crippen molar-refractivity contribution in [1.29, 1.82) is 5.26 Å². The van der Waals surface area contributed by atoms with E-state index in [-0.39, 0.29) is 0 Å². The van der Waals surface area contributed by atoms with E-state index in [1.807, 2.05) is 37.4 Å². The molecule has 0 aliphatic heterocycles. The van der Waals surface area contributed by atoms with E-state index >= 15 is 0 Å². The maximum absolute atomic E-state index is 9.43. The molecule has 4 aromatic rings. The van der Waals surface area contributed by atoms with Gasteiger partial charge in [-0.25, -0.2) is 9.97 Å². The molecule has 0 aliphatic rings. The third kappa shape index (κ3) is 4.61. The Morgan fingerprint density at radius 2 is 1.66 bits per heavy atom. The van der Waals surface area contributed by atoms with Gasteiger partial charge in [0, 0.05) is 23.0 Å². The maximum Gasteiger partial charge on any atom is 0.137 e. The molecule has 0 spiro atoms. The zero-order chi connectivity index (χ0) is 20.2. The number of fused-ring (bicyclic) bond motifs is 1. The molecule has 3 aromatic heterocycles. The SMILES string of the molecule is Cc1cc(N)nc(CCc2cc(C#N)cc(CCc3ccc4cc[nH]c4n3)c2)c1. The van der Waals surface area contributed by atoms with Crippen LogP contribution in [0.15, 0.2) is 54.7 Å². The van der Waals surface area contributed by atoms with Gasteiger partial charge in [0.05, 0.1) is 11.6 Å². The standard InChI is InChI=1S/C24H23N5/c1-16-10-22(28-23(26)11-16)6-3-18-12-17(13-19(14-18)15-25)2-5-21-7-4-20-8-9-27-24(20)29-21/h4,7-14H,2-3,5-6H2,1H3,(H2,26,28)(H,27,29). The van der Waals surface area contributed by atoms with Gasteiger partial charge in [-0.15, -0.1) is 0 Å². The van der Waals surface area contributed by atoms with Crippen LogP contribution in [0.25, 0.3) is 11.0 Å². The summed E-state index contributed by atoms with van der Waals surface area (Å²) in [5.41, 5.74) is 12.9. The lowest BCUT2D eigenvalue weighted by molar-refractivity contribution is 0.892. The number of hydrogen-bond donors (Lipinski definition) is 2. The first-order valence-electron chi connectivity index (χ1n) is 9.78. The lowest BCUT2D eigenvalue weighted by Crippen LogP contribution is -2.01. The summed E-state index contributed by atoms with van der Waals surface area (Å²) < 4.78 is 0. The van der Waals surface area contributed by atoms with Crippen molar-refractivity contribution >= 4 is 16.9 Å². The average molecular weight is 381 g/mol. The minimum atomic E-state index is 0.554. The molecule has 0 aliphatic carbocycles. The van der Waals surface area contributed by atoms with Gasteiger partial charge in [0.2, 0.25) is 0 Å². The highest BCUT2D eigenvalue weighted by atomic mass is 14.8. The number of pyridine rings is 2.